The minimum atomic E-state index is -0.0710. The van der Waals surface area contributed by atoms with Gasteiger partial charge in [-0.25, -0.2) is 0 Å². The Bertz CT molecular complexity index is 588. The number of hydrogen-bond donors (Lipinski definition) is 1. The summed E-state index contributed by atoms with van der Waals surface area (Å²) in [6.45, 7) is 4.31. The lowest BCUT2D eigenvalue weighted by Gasteiger charge is -2.10. The Morgan fingerprint density at radius 2 is 1.80 bits per heavy atom. The van der Waals surface area contributed by atoms with Crippen molar-refractivity contribution < 1.29 is 9.53 Å². The Morgan fingerprint density at radius 1 is 1.10 bits per heavy atom. The molecule has 0 fully saturated rings. The average Bonchev–Trinajstić information content (AvgIpc) is 2.47. The lowest BCUT2D eigenvalue weighted by atomic mass is 10.0. The van der Waals surface area contributed by atoms with E-state index >= 15 is 0 Å². The fourth-order valence-corrected chi connectivity index (χ4v) is 1.90. The zero-order chi connectivity index (χ0) is 14.5. The third kappa shape index (κ3) is 3.45. The first-order valence-electron chi connectivity index (χ1n) is 6.71. The molecule has 0 aliphatic carbocycles. The standard InChI is InChI=1S/C17H19NO2/c1-12(2)14-4-3-5-16(10-14)20-15-8-6-13(7-9-15)17(19)11-18/h3-10,12H,11,18H2,1-2H3. The van der Waals surface area contributed by atoms with Gasteiger partial charge < -0.3 is 10.5 Å². The van der Waals surface area contributed by atoms with Gasteiger partial charge in [-0.1, -0.05) is 26.0 Å². The smallest absolute Gasteiger partial charge is 0.176 e. The SMILES string of the molecule is CC(C)c1cccc(Oc2ccc(C(=O)CN)cc2)c1. The summed E-state index contributed by atoms with van der Waals surface area (Å²) in [5.74, 6) is 1.90. The second-order valence-corrected chi connectivity index (χ2v) is 4.98. The summed E-state index contributed by atoms with van der Waals surface area (Å²) in [6.07, 6.45) is 0. The van der Waals surface area contributed by atoms with Crippen molar-refractivity contribution >= 4 is 5.78 Å². The third-order valence-corrected chi connectivity index (χ3v) is 3.12. The Labute approximate surface area is 119 Å². The van der Waals surface area contributed by atoms with E-state index in [2.05, 4.69) is 19.9 Å². The maximum Gasteiger partial charge on any atom is 0.176 e. The van der Waals surface area contributed by atoms with Crippen molar-refractivity contribution in [3.63, 3.8) is 0 Å². The number of nitrogens with two attached hydrogens (primary N) is 1. The van der Waals surface area contributed by atoms with E-state index in [0.717, 1.165) is 5.75 Å². The molecule has 0 saturated carbocycles. The summed E-state index contributed by atoms with van der Waals surface area (Å²) in [7, 11) is 0. The normalized spacial score (nSPS) is 10.6. The van der Waals surface area contributed by atoms with Crippen LogP contribution >= 0.6 is 0 Å². The van der Waals surface area contributed by atoms with Gasteiger partial charge in [0.15, 0.2) is 5.78 Å². The van der Waals surface area contributed by atoms with Crippen LogP contribution in [0.1, 0.15) is 35.7 Å². The van der Waals surface area contributed by atoms with Crippen LogP contribution in [0.3, 0.4) is 0 Å². The van der Waals surface area contributed by atoms with E-state index in [1.807, 2.05) is 18.2 Å². The number of hydrogen-bond acceptors (Lipinski definition) is 3. The zero-order valence-electron chi connectivity index (χ0n) is 11.8. The van der Waals surface area contributed by atoms with Crippen LogP contribution in [-0.2, 0) is 0 Å². The number of ether oxygens (including phenoxy) is 1. The van der Waals surface area contributed by atoms with Gasteiger partial charge in [0.2, 0.25) is 0 Å². The van der Waals surface area contributed by atoms with Crippen molar-refractivity contribution in [3.8, 4) is 11.5 Å². The van der Waals surface area contributed by atoms with Crippen molar-refractivity contribution in [2.24, 2.45) is 5.73 Å². The van der Waals surface area contributed by atoms with Crippen LogP contribution in [0, 0.1) is 0 Å². The van der Waals surface area contributed by atoms with E-state index in [1.54, 1.807) is 24.3 Å². The summed E-state index contributed by atoms with van der Waals surface area (Å²) >= 11 is 0. The highest BCUT2D eigenvalue weighted by Crippen LogP contribution is 2.25. The maximum atomic E-state index is 11.4. The molecule has 0 spiro atoms. The molecule has 2 aromatic carbocycles. The molecule has 3 heteroatoms. The number of ketones is 1. The number of carbonyl (C=O) groups excluding carboxylic acids is 1. The maximum absolute atomic E-state index is 11.4. The van der Waals surface area contributed by atoms with Gasteiger partial charge in [-0.15, -0.1) is 0 Å². The largest absolute Gasteiger partial charge is 0.457 e. The Hall–Kier alpha value is -2.13. The van der Waals surface area contributed by atoms with Crippen LogP contribution in [0.5, 0.6) is 11.5 Å². The Morgan fingerprint density at radius 3 is 2.40 bits per heavy atom. The number of benzene rings is 2. The molecule has 20 heavy (non-hydrogen) atoms. The predicted molar refractivity (Wildman–Crippen MR) is 80.4 cm³/mol. The number of carbonyl (C=O) groups is 1. The molecule has 0 amide bonds. The summed E-state index contributed by atoms with van der Waals surface area (Å²) in [5.41, 5.74) is 7.17. The van der Waals surface area contributed by atoms with Crippen LogP contribution in [0.15, 0.2) is 48.5 Å². The van der Waals surface area contributed by atoms with Crippen molar-refractivity contribution in [2.45, 2.75) is 19.8 Å². The second-order valence-electron chi connectivity index (χ2n) is 4.98. The van der Waals surface area contributed by atoms with E-state index in [4.69, 9.17) is 10.5 Å². The van der Waals surface area contributed by atoms with Crippen molar-refractivity contribution in [3.05, 3.63) is 59.7 Å². The van der Waals surface area contributed by atoms with E-state index in [0.29, 0.717) is 17.2 Å². The molecule has 0 atom stereocenters. The summed E-state index contributed by atoms with van der Waals surface area (Å²) in [5, 5.41) is 0. The molecule has 0 radical (unpaired) electrons. The number of rotatable bonds is 5. The molecule has 0 saturated heterocycles. The van der Waals surface area contributed by atoms with Gasteiger partial charge in [0.25, 0.3) is 0 Å². The first-order chi connectivity index (χ1) is 9.60. The van der Waals surface area contributed by atoms with Gasteiger partial charge in [0.1, 0.15) is 11.5 Å². The summed E-state index contributed by atoms with van der Waals surface area (Å²) in [6, 6.07) is 15.1. The van der Waals surface area contributed by atoms with Gasteiger partial charge in [-0.2, -0.15) is 0 Å². The van der Waals surface area contributed by atoms with Crippen LogP contribution in [0.4, 0.5) is 0 Å². The summed E-state index contributed by atoms with van der Waals surface area (Å²) in [4.78, 5) is 11.4. The van der Waals surface area contributed by atoms with Crippen molar-refractivity contribution in [1.29, 1.82) is 0 Å². The Kier molecular flexibility index (Phi) is 4.53. The van der Waals surface area contributed by atoms with Crippen LogP contribution in [0.2, 0.25) is 0 Å². The monoisotopic (exact) mass is 269 g/mol. The topological polar surface area (TPSA) is 52.3 Å². The highest BCUT2D eigenvalue weighted by Gasteiger charge is 2.05. The fourth-order valence-electron chi connectivity index (χ4n) is 1.90. The quantitative estimate of drug-likeness (QED) is 0.841. The minimum Gasteiger partial charge on any atom is -0.457 e. The lowest BCUT2D eigenvalue weighted by molar-refractivity contribution is 0.100. The highest BCUT2D eigenvalue weighted by molar-refractivity contribution is 5.97. The third-order valence-electron chi connectivity index (χ3n) is 3.12. The fraction of sp³-hybridized carbons (Fsp3) is 0.235. The highest BCUT2D eigenvalue weighted by atomic mass is 16.5. The van der Waals surface area contributed by atoms with Gasteiger partial charge >= 0.3 is 0 Å². The minimum absolute atomic E-state index is 0.0244. The van der Waals surface area contributed by atoms with Crippen molar-refractivity contribution in [1.82, 2.24) is 0 Å². The molecule has 2 N–H and O–H groups in total. The first kappa shape index (κ1) is 14.3. The molecular formula is C17H19NO2. The van der Waals surface area contributed by atoms with Crippen LogP contribution in [0.25, 0.3) is 0 Å². The van der Waals surface area contributed by atoms with Crippen LogP contribution in [-0.4, -0.2) is 12.3 Å². The molecule has 3 nitrogen and oxygen atoms in total. The van der Waals surface area contributed by atoms with E-state index < -0.39 is 0 Å². The van der Waals surface area contributed by atoms with E-state index in [9.17, 15) is 4.79 Å². The van der Waals surface area contributed by atoms with E-state index in [1.165, 1.54) is 5.56 Å². The molecule has 0 aliphatic heterocycles. The summed E-state index contributed by atoms with van der Waals surface area (Å²) < 4.78 is 5.80. The zero-order valence-corrected chi connectivity index (χ0v) is 11.8. The molecule has 2 aromatic rings. The molecular weight excluding hydrogens is 250 g/mol. The molecule has 0 heterocycles. The molecule has 2 rings (SSSR count). The molecule has 104 valence electrons. The molecule has 0 unspecified atom stereocenters. The molecule has 0 aromatic heterocycles. The van der Waals surface area contributed by atoms with Crippen molar-refractivity contribution in [2.75, 3.05) is 6.54 Å². The van der Waals surface area contributed by atoms with Crippen LogP contribution < -0.4 is 10.5 Å². The van der Waals surface area contributed by atoms with Gasteiger partial charge in [-0.05, 0) is 47.9 Å². The van der Waals surface area contributed by atoms with Gasteiger partial charge in [-0.3, -0.25) is 4.79 Å². The van der Waals surface area contributed by atoms with Gasteiger partial charge in [0, 0.05) is 5.56 Å². The molecule has 0 aliphatic rings. The average molecular weight is 269 g/mol. The second kappa shape index (κ2) is 6.35. The Balaban J connectivity index is 2.14. The lowest BCUT2D eigenvalue weighted by Crippen LogP contribution is -2.13. The predicted octanol–water partition coefficient (Wildman–Crippen LogP) is 3.74. The van der Waals surface area contributed by atoms with Gasteiger partial charge in [0.05, 0.1) is 6.54 Å². The first-order valence-corrected chi connectivity index (χ1v) is 6.71. The molecule has 0 bridgehead atoms. The van der Waals surface area contributed by atoms with E-state index in [-0.39, 0.29) is 12.3 Å². The number of Topliss-reactive ketones (excluding diaryl/α,β-unsaturated/α-hetero) is 1.